The topological polar surface area (TPSA) is 66.4 Å². The van der Waals surface area contributed by atoms with E-state index in [9.17, 15) is 8.42 Å². The molecule has 0 radical (unpaired) electrons. The average molecular weight is 423 g/mol. The average Bonchev–Trinajstić information content (AvgIpc) is 2.74. The molecule has 0 amide bonds. The molecule has 3 aromatic rings. The predicted octanol–water partition coefficient (Wildman–Crippen LogP) is 3.58. The summed E-state index contributed by atoms with van der Waals surface area (Å²) in [6.07, 6.45) is 1.57. The third-order valence-electron chi connectivity index (χ3n) is 5.51. The fourth-order valence-corrected chi connectivity index (χ4v) is 5.42. The van der Waals surface area contributed by atoms with Crippen molar-refractivity contribution >= 4 is 15.8 Å². The van der Waals surface area contributed by atoms with Gasteiger partial charge in [0, 0.05) is 37.8 Å². The smallest absolute Gasteiger partial charge is 0.243 e. The SMILES string of the molecule is Cc1ccc(-c2cc(N3CCN(S(=O)(=O)c4ccc(C)cc4C)CC3)ncn2)cc1. The lowest BCUT2D eigenvalue weighted by Gasteiger charge is -2.35. The van der Waals surface area contributed by atoms with Crippen molar-refractivity contribution in [2.45, 2.75) is 25.7 Å². The summed E-state index contributed by atoms with van der Waals surface area (Å²) < 4.78 is 27.8. The lowest BCUT2D eigenvalue weighted by atomic mass is 10.1. The van der Waals surface area contributed by atoms with E-state index in [2.05, 4.69) is 46.1 Å². The van der Waals surface area contributed by atoms with Gasteiger partial charge in [-0.3, -0.25) is 0 Å². The molecule has 0 unspecified atom stereocenters. The van der Waals surface area contributed by atoms with Gasteiger partial charge in [-0.1, -0.05) is 47.5 Å². The van der Waals surface area contributed by atoms with Crippen LogP contribution in [0.25, 0.3) is 11.3 Å². The van der Waals surface area contributed by atoms with Gasteiger partial charge < -0.3 is 4.90 Å². The van der Waals surface area contributed by atoms with E-state index in [0.717, 1.165) is 28.2 Å². The molecule has 0 bridgehead atoms. The third-order valence-corrected chi connectivity index (χ3v) is 7.57. The number of aromatic nitrogens is 2. The number of hydrogen-bond donors (Lipinski definition) is 0. The molecule has 0 aliphatic carbocycles. The maximum absolute atomic E-state index is 13.1. The normalized spacial score (nSPS) is 15.4. The Hall–Kier alpha value is -2.77. The zero-order valence-electron chi connectivity index (χ0n) is 17.5. The molecule has 156 valence electrons. The molecule has 2 heterocycles. The molecule has 2 aromatic carbocycles. The van der Waals surface area contributed by atoms with E-state index in [0.29, 0.717) is 31.1 Å². The molecular weight excluding hydrogens is 396 g/mol. The largest absolute Gasteiger partial charge is 0.354 e. The van der Waals surface area contributed by atoms with Crippen LogP contribution in [0.3, 0.4) is 0 Å². The quantitative estimate of drug-likeness (QED) is 0.643. The molecule has 1 fully saturated rings. The van der Waals surface area contributed by atoms with Gasteiger partial charge in [-0.25, -0.2) is 18.4 Å². The van der Waals surface area contributed by atoms with Gasteiger partial charge in [0.25, 0.3) is 0 Å². The molecule has 6 nitrogen and oxygen atoms in total. The Bertz CT molecular complexity index is 1150. The van der Waals surface area contributed by atoms with Crippen molar-refractivity contribution in [3.8, 4) is 11.3 Å². The summed E-state index contributed by atoms with van der Waals surface area (Å²) in [5.74, 6) is 0.823. The number of nitrogens with zero attached hydrogens (tertiary/aromatic N) is 4. The fourth-order valence-electron chi connectivity index (χ4n) is 3.79. The third kappa shape index (κ3) is 4.08. The van der Waals surface area contributed by atoms with E-state index >= 15 is 0 Å². The van der Waals surface area contributed by atoms with Gasteiger partial charge in [0.05, 0.1) is 10.6 Å². The van der Waals surface area contributed by atoms with Crippen molar-refractivity contribution in [2.75, 3.05) is 31.1 Å². The summed E-state index contributed by atoms with van der Waals surface area (Å²) >= 11 is 0. The van der Waals surface area contributed by atoms with Gasteiger partial charge in [-0.2, -0.15) is 4.31 Å². The van der Waals surface area contributed by atoms with E-state index < -0.39 is 10.0 Å². The Morgan fingerprint density at radius 3 is 2.13 bits per heavy atom. The lowest BCUT2D eigenvalue weighted by molar-refractivity contribution is 0.383. The Balaban J connectivity index is 1.49. The maximum Gasteiger partial charge on any atom is 0.243 e. The molecule has 0 N–H and O–H groups in total. The van der Waals surface area contributed by atoms with Crippen LogP contribution in [0, 0.1) is 20.8 Å². The van der Waals surface area contributed by atoms with Crippen LogP contribution in [0.2, 0.25) is 0 Å². The van der Waals surface area contributed by atoms with Gasteiger partial charge in [-0.05, 0) is 32.4 Å². The Morgan fingerprint density at radius 1 is 0.800 bits per heavy atom. The number of rotatable bonds is 4. The molecule has 0 atom stereocenters. The molecule has 0 saturated carbocycles. The number of benzene rings is 2. The zero-order valence-corrected chi connectivity index (χ0v) is 18.4. The second-order valence-electron chi connectivity index (χ2n) is 7.79. The summed E-state index contributed by atoms with van der Waals surface area (Å²) in [6.45, 7) is 7.92. The number of sulfonamides is 1. The van der Waals surface area contributed by atoms with Crippen LogP contribution in [0.15, 0.2) is 59.8 Å². The Labute approximate surface area is 178 Å². The van der Waals surface area contributed by atoms with Crippen LogP contribution in [-0.2, 0) is 10.0 Å². The Morgan fingerprint density at radius 2 is 1.47 bits per heavy atom. The van der Waals surface area contributed by atoms with Crippen molar-refractivity contribution in [3.05, 3.63) is 71.5 Å². The molecule has 1 aliphatic heterocycles. The van der Waals surface area contributed by atoms with Gasteiger partial charge >= 0.3 is 0 Å². The van der Waals surface area contributed by atoms with Crippen LogP contribution in [0.1, 0.15) is 16.7 Å². The highest BCUT2D eigenvalue weighted by molar-refractivity contribution is 7.89. The summed E-state index contributed by atoms with van der Waals surface area (Å²) in [6, 6.07) is 15.7. The molecular formula is C23H26N4O2S. The van der Waals surface area contributed by atoms with Gasteiger partial charge in [0.2, 0.25) is 10.0 Å². The summed E-state index contributed by atoms with van der Waals surface area (Å²) in [4.78, 5) is 11.3. The highest BCUT2D eigenvalue weighted by atomic mass is 32.2. The summed E-state index contributed by atoms with van der Waals surface area (Å²) in [7, 11) is -3.50. The number of piperazine rings is 1. The second kappa shape index (κ2) is 8.16. The molecule has 1 aromatic heterocycles. The second-order valence-corrected chi connectivity index (χ2v) is 9.69. The van der Waals surface area contributed by atoms with Crippen molar-refractivity contribution in [1.29, 1.82) is 0 Å². The minimum Gasteiger partial charge on any atom is -0.354 e. The minimum absolute atomic E-state index is 0.394. The first-order valence-electron chi connectivity index (χ1n) is 10.1. The van der Waals surface area contributed by atoms with E-state index in [-0.39, 0.29) is 0 Å². The first-order chi connectivity index (χ1) is 14.3. The number of anilines is 1. The van der Waals surface area contributed by atoms with E-state index in [4.69, 9.17) is 0 Å². The van der Waals surface area contributed by atoms with E-state index in [1.54, 1.807) is 16.7 Å². The summed E-state index contributed by atoms with van der Waals surface area (Å²) in [5.41, 5.74) is 4.96. The fraction of sp³-hybridized carbons (Fsp3) is 0.304. The molecule has 1 saturated heterocycles. The van der Waals surface area contributed by atoms with Crippen molar-refractivity contribution in [3.63, 3.8) is 0 Å². The van der Waals surface area contributed by atoms with E-state index in [1.165, 1.54) is 5.56 Å². The van der Waals surface area contributed by atoms with Crippen molar-refractivity contribution in [1.82, 2.24) is 14.3 Å². The van der Waals surface area contributed by atoms with Crippen molar-refractivity contribution < 1.29 is 8.42 Å². The van der Waals surface area contributed by atoms with Crippen LogP contribution in [0.4, 0.5) is 5.82 Å². The molecule has 0 spiro atoms. The first-order valence-corrected chi connectivity index (χ1v) is 11.5. The first kappa shape index (κ1) is 20.5. The number of aryl methyl sites for hydroxylation is 3. The minimum atomic E-state index is -3.50. The number of hydrogen-bond acceptors (Lipinski definition) is 5. The van der Waals surface area contributed by atoms with Crippen LogP contribution >= 0.6 is 0 Å². The van der Waals surface area contributed by atoms with Gasteiger partial charge in [-0.15, -0.1) is 0 Å². The molecule has 4 rings (SSSR count). The summed E-state index contributed by atoms with van der Waals surface area (Å²) in [5, 5.41) is 0. The standard InChI is InChI=1S/C23H26N4O2S/c1-17-4-7-20(8-5-17)21-15-23(25-16-24-21)26-10-12-27(13-11-26)30(28,29)22-9-6-18(2)14-19(22)3/h4-9,14-16H,10-13H2,1-3H3. The highest BCUT2D eigenvalue weighted by Gasteiger charge is 2.30. The van der Waals surface area contributed by atoms with Crippen molar-refractivity contribution in [2.24, 2.45) is 0 Å². The molecule has 1 aliphatic rings. The molecule has 30 heavy (non-hydrogen) atoms. The van der Waals surface area contributed by atoms with Crippen LogP contribution < -0.4 is 4.90 Å². The van der Waals surface area contributed by atoms with Gasteiger partial charge in [0.1, 0.15) is 12.1 Å². The zero-order chi connectivity index (χ0) is 21.3. The highest BCUT2D eigenvalue weighted by Crippen LogP contribution is 2.25. The van der Waals surface area contributed by atoms with E-state index in [1.807, 2.05) is 32.0 Å². The lowest BCUT2D eigenvalue weighted by Crippen LogP contribution is -2.49. The van der Waals surface area contributed by atoms with Gasteiger partial charge in [0.15, 0.2) is 0 Å². The Kier molecular flexibility index (Phi) is 5.58. The predicted molar refractivity (Wildman–Crippen MR) is 119 cm³/mol. The monoisotopic (exact) mass is 422 g/mol. The van der Waals surface area contributed by atoms with Crippen LogP contribution in [0.5, 0.6) is 0 Å². The maximum atomic E-state index is 13.1. The van der Waals surface area contributed by atoms with Crippen LogP contribution in [-0.4, -0.2) is 48.9 Å². The molecule has 7 heteroatoms.